The monoisotopic (exact) mass is 316 g/mol. The van der Waals surface area contributed by atoms with Gasteiger partial charge in [-0.05, 0) is 60.0 Å². The third-order valence-corrected chi connectivity index (χ3v) is 5.23. The van der Waals surface area contributed by atoms with Gasteiger partial charge in [0.05, 0.1) is 5.00 Å². The zero-order valence-electron chi connectivity index (χ0n) is 12.6. The third kappa shape index (κ3) is 3.09. The number of rotatable bonds is 4. The molecule has 0 bridgehead atoms. The van der Waals surface area contributed by atoms with Crippen LogP contribution in [0.15, 0.2) is 35.7 Å². The summed E-state index contributed by atoms with van der Waals surface area (Å²) in [5.74, 6) is 0.293. The summed E-state index contributed by atoms with van der Waals surface area (Å²) in [7, 11) is 2.08. The number of fused-ring (bicyclic) bond motifs is 1. The second-order valence-corrected chi connectivity index (χ2v) is 6.59. The first kappa shape index (κ1) is 14.9. The molecular weight excluding hydrogens is 296 g/mol. The summed E-state index contributed by atoms with van der Waals surface area (Å²) in [5.41, 5.74) is 3.83. The standard InChI is InChI=1S/C17H20N2O2S/c1-19(16-6-3-9-22-16)14-7-8-15-12(10-14)4-2-5-13(15)11-18-17(20)21/h3,6-10,13,18H,2,4-5,11H2,1H3,(H,20,21)/t13-/m0/s1. The molecule has 5 heteroatoms. The number of hydrogen-bond acceptors (Lipinski definition) is 3. The zero-order chi connectivity index (χ0) is 15.5. The molecular formula is C17H20N2O2S. The minimum atomic E-state index is -0.943. The van der Waals surface area contributed by atoms with E-state index in [-0.39, 0.29) is 0 Å². The van der Waals surface area contributed by atoms with Crippen molar-refractivity contribution in [2.75, 3.05) is 18.5 Å². The lowest BCUT2D eigenvalue weighted by molar-refractivity contribution is 0.193. The predicted molar refractivity (Wildman–Crippen MR) is 90.5 cm³/mol. The van der Waals surface area contributed by atoms with Crippen LogP contribution in [0.5, 0.6) is 0 Å². The van der Waals surface area contributed by atoms with Crippen LogP contribution in [0.1, 0.15) is 29.9 Å². The Morgan fingerprint density at radius 2 is 2.32 bits per heavy atom. The molecule has 1 aromatic carbocycles. The molecule has 0 aliphatic heterocycles. The quantitative estimate of drug-likeness (QED) is 0.888. The first-order valence-electron chi connectivity index (χ1n) is 7.52. The van der Waals surface area contributed by atoms with Gasteiger partial charge in [-0.2, -0.15) is 0 Å². The minimum Gasteiger partial charge on any atom is -0.465 e. The maximum atomic E-state index is 10.7. The first-order valence-corrected chi connectivity index (χ1v) is 8.40. The van der Waals surface area contributed by atoms with E-state index in [1.165, 1.54) is 21.8 Å². The van der Waals surface area contributed by atoms with E-state index in [0.717, 1.165) is 19.3 Å². The molecule has 1 aromatic heterocycles. The van der Waals surface area contributed by atoms with Crippen molar-refractivity contribution in [3.05, 3.63) is 46.8 Å². The Bertz CT molecular complexity index is 655. The highest BCUT2D eigenvalue weighted by Gasteiger charge is 2.21. The number of hydrogen-bond donors (Lipinski definition) is 2. The van der Waals surface area contributed by atoms with E-state index in [1.807, 2.05) is 0 Å². The maximum Gasteiger partial charge on any atom is 0.404 e. The fourth-order valence-electron chi connectivity index (χ4n) is 3.12. The van der Waals surface area contributed by atoms with E-state index in [1.54, 1.807) is 11.3 Å². The zero-order valence-corrected chi connectivity index (χ0v) is 13.4. The van der Waals surface area contributed by atoms with Crippen LogP contribution in [-0.4, -0.2) is 24.8 Å². The average molecular weight is 316 g/mol. The molecule has 116 valence electrons. The van der Waals surface area contributed by atoms with Crippen LogP contribution in [0, 0.1) is 0 Å². The average Bonchev–Trinajstić information content (AvgIpc) is 3.05. The Hall–Kier alpha value is -2.01. The molecule has 0 radical (unpaired) electrons. The predicted octanol–water partition coefficient (Wildman–Crippen LogP) is 4.20. The second kappa shape index (κ2) is 6.40. The molecule has 1 heterocycles. The van der Waals surface area contributed by atoms with Gasteiger partial charge in [-0.25, -0.2) is 4.79 Å². The molecule has 0 unspecified atom stereocenters. The normalized spacial score (nSPS) is 16.9. The first-order chi connectivity index (χ1) is 10.6. The van der Waals surface area contributed by atoms with Gasteiger partial charge in [0.25, 0.3) is 0 Å². The van der Waals surface area contributed by atoms with Gasteiger partial charge < -0.3 is 15.3 Å². The molecule has 4 nitrogen and oxygen atoms in total. The molecule has 0 spiro atoms. The minimum absolute atomic E-state index is 0.293. The largest absolute Gasteiger partial charge is 0.465 e. The topological polar surface area (TPSA) is 52.6 Å². The summed E-state index contributed by atoms with van der Waals surface area (Å²) >= 11 is 1.73. The van der Waals surface area contributed by atoms with Crippen LogP contribution < -0.4 is 10.2 Å². The van der Waals surface area contributed by atoms with Crippen molar-refractivity contribution in [2.45, 2.75) is 25.2 Å². The molecule has 22 heavy (non-hydrogen) atoms. The van der Waals surface area contributed by atoms with Crippen LogP contribution in [0.25, 0.3) is 0 Å². The number of nitrogens with one attached hydrogen (secondary N) is 1. The van der Waals surface area contributed by atoms with Gasteiger partial charge in [-0.3, -0.25) is 0 Å². The highest BCUT2D eigenvalue weighted by atomic mass is 32.1. The van der Waals surface area contributed by atoms with Gasteiger partial charge in [-0.15, -0.1) is 11.3 Å². The number of anilines is 2. The highest BCUT2D eigenvalue weighted by Crippen LogP contribution is 2.35. The van der Waals surface area contributed by atoms with Gasteiger partial charge in [0.1, 0.15) is 0 Å². The second-order valence-electron chi connectivity index (χ2n) is 5.67. The van der Waals surface area contributed by atoms with Crippen LogP contribution >= 0.6 is 11.3 Å². The Morgan fingerprint density at radius 1 is 1.45 bits per heavy atom. The van der Waals surface area contributed by atoms with Crippen molar-refractivity contribution >= 4 is 28.1 Å². The van der Waals surface area contributed by atoms with Crippen LogP contribution in [0.3, 0.4) is 0 Å². The van der Waals surface area contributed by atoms with Crippen molar-refractivity contribution in [1.82, 2.24) is 5.32 Å². The Morgan fingerprint density at radius 3 is 3.05 bits per heavy atom. The van der Waals surface area contributed by atoms with Gasteiger partial charge >= 0.3 is 6.09 Å². The summed E-state index contributed by atoms with van der Waals surface area (Å²) in [6.07, 6.45) is 2.30. The van der Waals surface area contributed by atoms with Gasteiger partial charge in [0, 0.05) is 25.2 Å². The molecule has 2 aromatic rings. The van der Waals surface area contributed by atoms with E-state index < -0.39 is 6.09 Å². The molecule has 1 amide bonds. The van der Waals surface area contributed by atoms with Crippen molar-refractivity contribution < 1.29 is 9.90 Å². The Labute approximate surface area is 134 Å². The molecule has 0 saturated heterocycles. The number of carboxylic acid groups (broad SMARTS) is 1. The number of nitrogens with zero attached hydrogens (tertiary/aromatic N) is 1. The summed E-state index contributed by atoms with van der Waals surface area (Å²) in [6, 6.07) is 10.7. The fourth-order valence-corrected chi connectivity index (χ4v) is 3.84. The lowest BCUT2D eigenvalue weighted by atomic mass is 9.82. The van der Waals surface area contributed by atoms with E-state index >= 15 is 0 Å². The van der Waals surface area contributed by atoms with Gasteiger partial charge in [0.15, 0.2) is 0 Å². The molecule has 2 N–H and O–H groups in total. The molecule has 3 rings (SSSR count). The van der Waals surface area contributed by atoms with E-state index in [9.17, 15) is 4.79 Å². The number of thiophene rings is 1. The van der Waals surface area contributed by atoms with E-state index in [4.69, 9.17) is 5.11 Å². The van der Waals surface area contributed by atoms with E-state index in [0.29, 0.717) is 12.5 Å². The van der Waals surface area contributed by atoms with Gasteiger partial charge in [-0.1, -0.05) is 6.07 Å². The molecule has 0 saturated carbocycles. The SMILES string of the molecule is CN(c1ccc2c(c1)CCC[C@H]2CNC(=O)O)c1cccs1. The number of carbonyl (C=O) groups is 1. The number of aryl methyl sites for hydroxylation is 1. The number of benzene rings is 1. The Kier molecular flexibility index (Phi) is 4.34. The third-order valence-electron chi connectivity index (χ3n) is 4.29. The van der Waals surface area contributed by atoms with Crippen LogP contribution in [-0.2, 0) is 6.42 Å². The van der Waals surface area contributed by atoms with Crippen molar-refractivity contribution in [3.8, 4) is 0 Å². The van der Waals surface area contributed by atoms with Crippen molar-refractivity contribution in [1.29, 1.82) is 0 Å². The van der Waals surface area contributed by atoms with Crippen molar-refractivity contribution in [2.24, 2.45) is 0 Å². The lowest BCUT2D eigenvalue weighted by Gasteiger charge is -2.27. The molecule has 0 fully saturated rings. The van der Waals surface area contributed by atoms with Crippen molar-refractivity contribution in [3.63, 3.8) is 0 Å². The summed E-state index contributed by atoms with van der Waals surface area (Å²) in [5, 5.41) is 14.6. The summed E-state index contributed by atoms with van der Waals surface area (Å²) in [4.78, 5) is 12.9. The van der Waals surface area contributed by atoms with E-state index in [2.05, 4.69) is 53.0 Å². The molecule has 1 aliphatic carbocycles. The van der Waals surface area contributed by atoms with Gasteiger partial charge in [0.2, 0.25) is 0 Å². The van der Waals surface area contributed by atoms with Crippen LogP contribution in [0.4, 0.5) is 15.5 Å². The highest BCUT2D eigenvalue weighted by molar-refractivity contribution is 7.14. The summed E-state index contributed by atoms with van der Waals surface area (Å²) < 4.78 is 0. The molecule has 1 aliphatic rings. The lowest BCUT2D eigenvalue weighted by Crippen LogP contribution is -2.28. The fraction of sp³-hybridized carbons (Fsp3) is 0.353. The smallest absolute Gasteiger partial charge is 0.404 e. The summed E-state index contributed by atoms with van der Waals surface area (Å²) in [6.45, 7) is 0.502. The van der Waals surface area contributed by atoms with Crippen LogP contribution in [0.2, 0.25) is 0 Å². The number of amides is 1. The Balaban J connectivity index is 1.82. The maximum absolute atomic E-state index is 10.7. The molecule has 1 atom stereocenters.